The summed E-state index contributed by atoms with van der Waals surface area (Å²) in [6.07, 6.45) is 6.92. The van der Waals surface area contributed by atoms with Crippen molar-refractivity contribution in [2.24, 2.45) is 0 Å². The van der Waals surface area contributed by atoms with Crippen molar-refractivity contribution in [1.82, 2.24) is 5.73 Å². The molecule has 1 aliphatic rings. The fourth-order valence-electron chi connectivity index (χ4n) is 1.49. The standard InChI is InChI=1S/C8H16NS/c1-7(9)10-8-5-3-2-4-6-8/h7-9H,2-6H2,1H3. The van der Waals surface area contributed by atoms with Crippen LogP contribution >= 0.6 is 11.8 Å². The van der Waals surface area contributed by atoms with Crippen LogP contribution < -0.4 is 5.73 Å². The highest BCUT2D eigenvalue weighted by atomic mass is 32.2. The zero-order valence-corrected chi connectivity index (χ0v) is 7.41. The molecule has 0 aromatic carbocycles. The van der Waals surface area contributed by atoms with Crippen molar-refractivity contribution < 1.29 is 0 Å². The summed E-state index contributed by atoms with van der Waals surface area (Å²) in [6, 6.07) is 0. The number of thioether (sulfide) groups is 1. The van der Waals surface area contributed by atoms with E-state index >= 15 is 0 Å². The summed E-state index contributed by atoms with van der Waals surface area (Å²) < 4.78 is 0. The van der Waals surface area contributed by atoms with E-state index in [1.54, 1.807) is 0 Å². The highest BCUT2D eigenvalue weighted by Crippen LogP contribution is 2.29. The van der Waals surface area contributed by atoms with Crippen molar-refractivity contribution in [1.29, 1.82) is 0 Å². The first-order valence-corrected chi connectivity index (χ1v) is 5.10. The summed E-state index contributed by atoms with van der Waals surface area (Å²) in [6.45, 7) is 1.97. The van der Waals surface area contributed by atoms with E-state index < -0.39 is 0 Å². The molecule has 1 aliphatic carbocycles. The lowest BCUT2D eigenvalue weighted by Crippen LogP contribution is -2.12. The molecule has 1 atom stereocenters. The second kappa shape index (κ2) is 4.24. The molecule has 2 heteroatoms. The highest BCUT2D eigenvalue weighted by molar-refractivity contribution is 8.00. The normalized spacial score (nSPS) is 24.6. The van der Waals surface area contributed by atoms with Crippen LogP contribution in [-0.2, 0) is 0 Å². The van der Waals surface area contributed by atoms with Gasteiger partial charge in [-0.2, -0.15) is 0 Å². The maximum Gasteiger partial charge on any atom is 0.0641 e. The first kappa shape index (κ1) is 8.41. The van der Waals surface area contributed by atoms with Crippen LogP contribution in [0.15, 0.2) is 0 Å². The van der Waals surface area contributed by atoms with E-state index in [-0.39, 0.29) is 5.37 Å². The Morgan fingerprint density at radius 3 is 2.40 bits per heavy atom. The summed E-state index contributed by atoms with van der Waals surface area (Å²) >= 11 is 1.84. The lowest BCUT2D eigenvalue weighted by Gasteiger charge is -2.21. The predicted molar refractivity (Wildman–Crippen MR) is 47.0 cm³/mol. The molecule has 59 valence electrons. The average Bonchev–Trinajstić information content (AvgIpc) is 1.88. The molecule has 0 heterocycles. The average molecular weight is 158 g/mol. The van der Waals surface area contributed by atoms with Crippen LogP contribution in [0.1, 0.15) is 39.0 Å². The minimum atomic E-state index is 0.0862. The first-order valence-electron chi connectivity index (χ1n) is 4.15. The molecule has 0 aromatic heterocycles. The number of rotatable bonds is 2. The Kier molecular flexibility index (Phi) is 3.57. The van der Waals surface area contributed by atoms with Gasteiger partial charge in [-0.1, -0.05) is 19.3 Å². The van der Waals surface area contributed by atoms with E-state index in [1.165, 1.54) is 32.1 Å². The molecule has 1 rings (SSSR count). The molecule has 0 amide bonds. The van der Waals surface area contributed by atoms with Crippen LogP contribution in [0.2, 0.25) is 0 Å². The van der Waals surface area contributed by atoms with Gasteiger partial charge in [0.15, 0.2) is 0 Å². The predicted octanol–water partition coefficient (Wildman–Crippen LogP) is 2.68. The molecule has 1 radical (unpaired) electrons. The second-order valence-electron chi connectivity index (χ2n) is 3.04. The van der Waals surface area contributed by atoms with E-state index in [0.717, 1.165) is 5.25 Å². The van der Waals surface area contributed by atoms with Crippen molar-refractivity contribution in [3.63, 3.8) is 0 Å². The van der Waals surface area contributed by atoms with Crippen LogP contribution in [0.3, 0.4) is 0 Å². The quantitative estimate of drug-likeness (QED) is 0.606. The molecule has 10 heavy (non-hydrogen) atoms. The summed E-state index contributed by atoms with van der Waals surface area (Å²) in [5.74, 6) is 0. The fraction of sp³-hybridized carbons (Fsp3) is 1.00. The Morgan fingerprint density at radius 1 is 1.30 bits per heavy atom. The van der Waals surface area contributed by atoms with Gasteiger partial charge in [-0.3, -0.25) is 0 Å². The van der Waals surface area contributed by atoms with E-state index in [9.17, 15) is 0 Å². The molecule has 0 bridgehead atoms. The van der Waals surface area contributed by atoms with E-state index in [1.807, 2.05) is 18.7 Å². The Labute approximate surface area is 67.8 Å². The van der Waals surface area contributed by atoms with Crippen LogP contribution in [0.4, 0.5) is 0 Å². The number of nitrogens with one attached hydrogen (secondary N) is 1. The van der Waals surface area contributed by atoms with Gasteiger partial charge in [0.25, 0.3) is 0 Å². The summed E-state index contributed by atoms with van der Waals surface area (Å²) in [5.41, 5.74) is 7.38. The molecular weight excluding hydrogens is 142 g/mol. The molecule has 0 aliphatic heterocycles. The monoisotopic (exact) mass is 158 g/mol. The number of hydrogen-bond donors (Lipinski definition) is 0. The third kappa shape index (κ3) is 2.93. The van der Waals surface area contributed by atoms with Gasteiger partial charge in [0.05, 0.1) is 5.37 Å². The maximum absolute atomic E-state index is 7.38. The van der Waals surface area contributed by atoms with Crippen LogP contribution in [0, 0.1) is 0 Å². The van der Waals surface area contributed by atoms with Gasteiger partial charge in [-0.25, -0.2) is 5.73 Å². The molecule has 0 aromatic rings. The highest BCUT2D eigenvalue weighted by Gasteiger charge is 2.14. The zero-order chi connectivity index (χ0) is 7.40. The van der Waals surface area contributed by atoms with Crippen LogP contribution in [-0.4, -0.2) is 10.6 Å². The van der Waals surface area contributed by atoms with Gasteiger partial charge in [0.2, 0.25) is 0 Å². The molecule has 1 saturated carbocycles. The third-order valence-corrected chi connectivity index (χ3v) is 3.21. The van der Waals surface area contributed by atoms with Crippen molar-refractivity contribution in [2.45, 2.75) is 49.7 Å². The molecule has 1 fully saturated rings. The first-order chi connectivity index (χ1) is 4.79. The fourth-order valence-corrected chi connectivity index (χ4v) is 2.67. The molecule has 1 unspecified atom stereocenters. The molecule has 1 nitrogen and oxygen atoms in total. The van der Waals surface area contributed by atoms with Gasteiger partial charge in [-0.05, 0) is 19.8 Å². The molecular formula is C8H16NS. The maximum atomic E-state index is 7.38. The zero-order valence-electron chi connectivity index (χ0n) is 6.60. The van der Waals surface area contributed by atoms with Gasteiger partial charge in [0.1, 0.15) is 0 Å². The van der Waals surface area contributed by atoms with Gasteiger partial charge in [-0.15, -0.1) is 11.8 Å². The minimum Gasteiger partial charge on any atom is -0.244 e. The van der Waals surface area contributed by atoms with E-state index in [2.05, 4.69) is 0 Å². The van der Waals surface area contributed by atoms with E-state index in [4.69, 9.17) is 5.73 Å². The lowest BCUT2D eigenvalue weighted by molar-refractivity contribution is 0.515. The molecule has 0 spiro atoms. The van der Waals surface area contributed by atoms with Gasteiger partial charge >= 0.3 is 0 Å². The SMILES string of the molecule is CC([NH])SC1CCCCC1. The van der Waals surface area contributed by atoms with Crippen LogP contribution in [0.5, 0.6) is 0 Å². The van der Waals surface area contributed by atoms with Gasteiger partial charge < -0.3 is 0 Å². The number of hydrogen-bond acceptors (Lipinski definition) is 1. The topological polar surface area (TPSA) is 23.8 Å². The summed E-state index contributed by atoms with van der Waals surface area (Å²) in [5, 5.41) is 0.893. The molecule has 1 N–H and O–H groups in total. The van der Waals surface area contributed by atoms with Crippen molar-refractivity contribution in [3.05, 3.63) is 0 Å². The van der Waals surface area contributed by atoms with E-state index in [0.29, 0.717) is 0 Å². The minimum absolute atomic E-state index is 0.0862. The Balaban J connectivity index is 2.13. The van der Waals surface area contributed by atoms with Crippen molar-refractivity contribution in [2.75, 3.05) is 0 Å². The Morgan fingerprint density at radius 2 is 1.90 bits per heavy atom. The Bertz CT molecular complexity index is 87.3. The Hall–Kier alpha value is 0.310. The smallest absolute Gasteiger partial charge is 0.0641 e. The van der Waals surface area contributed by atoms with Gasteiger partial charge in [0, 0.05) is 5.25 Å². The second-order valence-corrected chi connectivity index (χ2v) is 4.68. The van der Waals surface area contributed by atoms with Crippen molar-refractivity contribution >= 4 is 11.8 Å². The summed E-state index contributed by atoms with van der Waals surface area (Å²) in [4.78, 5) is 0. The summed E-state index contributed by atoms with van der Waals surface area (Å²) in [7, 11) is 0. The third-order valence-electron chi connectivity index (χ3n) is 1.95. The lowest BCUT2D eigenvalue weighted by atomic mass is 10.0. The van der Waals surface area contributed by atoms with Crippen molar-refractivity contribution in [3.8, 4) is 0 Å². The van der Waals surface area contributed by atoms with Crippen LogP contribution in [0.25, 0.3) is 0 Å². The molecule has 0 saturated heterocycles. The largest absolute Gasteiger partial charge is 0.244 e.